The number of aromatic nitrogens is 1. The van der Waals surface area contributed by atoms with Crippen molar-refractivity contribution in [3.05, 3.63) is 34.2 Å². The molecule has 2 N–H and O–H groups in total. The van der Waals surface area contributed by atoms with Gasteiger partial charge >= 0.3 is 0 Å². The zero-order valence-corrected chi connectivity index (χ0v) is 9.27. The zero-order valence-electron chi connectivity index (χ0n) is 9.27. The molecular formula is C11H16N2O3. The second kappa shape index (κ2) is 6.07. The predicted octanol–water partition coefficient (Wildman–Crippen LogP) is 0.219. The maximum absolute atomic E-state index is 11.9. The lowest BCUT2D eigenvalue weighted by molar-refractivity contribution is 0.0754. The topological polar surface area (TPSA) is 73.4 Å². The number of amides is 1. The van der Waals surface area contributed by atoms with Gasteiger partial charge in [0.25, 0.3) is 5.91 Å². The number of hydrogen-bond acceptors (Lipinski definition) is 3. The van der Waals surface area contributed by atoms with E-state index in [2.05, 4.69) is 4.98 Å². The highest BCUT2D eigenvalue weighted by atomic mass is 16.3. The lowest BCUT2D eigenvalue weighted by atomic mass is 10.2. The Hall–Kier alpha value is -1.62. The molecular weight excluding hydrogens is 208 g/mol. The van der Waals surface area contributed by atoms with Gasteiger partial charge in [-0.05, 0) is 19.4 Å². The number of H-pyrrole nitrogens is 1. The van der Waals surface area contributed by atoms with Gasteiger partial charge in [0, 0.05) is 37.5 Å². The van der Waals surface area contributed by atoms with Crippen LogP contribution in [0.3, 0.4) is 0 Å². The fraction of sp³-hybridized carbons (Fsp3) is 0.455. The van der Waals surface area contributed by atoms with Crippen molar-refractivity contribution in [3.63, 3.8) is 0 Å². The van der Waals surface area contributed by atoms with Gasteiger partial charge < -0.3 is 15.0 Å². The highest BCUT2D eigenvalue weighted by Gasteiger charge is 2.13. The lowest BCUT2D eigenvalue weighted by Crippen LogP contribution is -2.32. The van der Waals surface area contributed by atoms with Gasteiger partial charge in [0.2, 0.25) is 5.56 Å². The molecule has 0 radical (unpaired) electrons. The summed E-state index contributed by atoms with van der Waals surface area (Å²) >= 11 is 0. The van der Waals surface area contributed by atoms with E-state index in [0.29, 0.717) is 25.1 Å². The van der Waals surface area contributed by atoms with Crippen molar-refractivity contribution in [1.29, 1.82) is 0 Å². The maximum Gasteiger partial charge on any atom is 0.254 e. The molecule has 1 aromatic rings. The predicted molar refractivity (Wildman–Crippen MR) is 60.3 cm³/mol. The van der Waals surface area contributed by atoms with E-state index in [1.54, 1.807) is 11.0 Å². The second-order valence-corrected chi connectivity index (χ2v) is 3.40. The normalized spacial score (nSPS) is 10.1. The highest BCUT2D eigenvalue weighted by molar-refractivity contribution is 5.94. The summed E-state index contributed by atoms with van der Waals surface area (Å²) in [6.45, 7) is 2.98. The summed E-state index contributed by atoms with van der Waals surface area (Å²) in [5, 5.41) is 8.71. The van der Waals surface area contributed by atoms with E-state index in [-0.39, 0.29) is 18.1 Å². The van der Waals surface area contributed by atoms with Gasteiger partial charge in [-0.2, -0.15) is 0 Å². The van der Waals surface area contributed by atoms with Crippen molar-refractivity contribution in [2.24, 2.45) is 0 Å². The molecule has 16 heavy (non-hydrogen) atoms. The lowest BCUT2D eigenvalue weighted by Gasteiger charge is -2.20. The first-order valence-corrected chi connectivity index (χ1v) is 5.28. The molecule has 5 heteroatoms. The SMILES string of the molecule is CCN(CCCO)C(=O)c1cc[nH]c(=O)c1. The molecule has 5 nitrogen and oxygen atoms in total. The van der Waals surface area contributed by atoms with Crippen LogP contribution in [0.5, 0.6) is 0 Å². The quantitative estimate of drug-likeness (QED) is 0.751. The summed E-state index contributed by atoms with van der Waals surface area (Å²) in [7, 11) is 0. The van der Waals surface area contributed by atoms with Gasteiger partial charge in [-0.3, -0.25) is 9.59 Å². The maximum atomic E-state index is 11.9. The first-order chi connectivity index (χ1) is 7.69. The van der Waals surface area contributed by atoms with Crippen molar-refractivity contribution < 1.29 is 9.90 Å². The van der Waals surface area contributed by atoms with Crippen molar-refractivity contribution in [2.75, 3.05) is 19.7 Å². The Balaban J connectivity index is 2.78. The first kappa shape index (κ1) is 12.4. The largest absolute Gasteiger partial charge is 0.396 e. The van der Waals surface area contributed by atoms with E-state index in [4.69, 9.17) is 5.11 Å². The number of nitrogens with zero attached hydrogens (tertiary/aromatic N) is 1. The smallest absolute Gasteiger partial charge is 0.254 e. The molecule has 0 saturated heterocycles. The van der Waals surface area contributed by atoms with Crippen molar-refractivity contribution in [1.82, 2.24) is 9.88 Å². The van der Waals surface area contributed by atoms with Crippen LogP contribution in [0.25, 0.3) is 0 Å². The van der Waals surface area contributed by atoms with Crippen LogP contribution in [0.2, 0.25) is 0 Å². The van der Waals surface area contributed by atoms with E-state index in [0.717, 1.165) is 0 Å². The molecule has 0 bridgehead atoms. The highest BCUT2D eigenvalue weighted by Crippen LogP contribution is 2.02. The third-order valence-electron chi connectivity index (χ3n) is 2.28. The number of aliphatic hydroxyl groups excluding tert-OH is 1. The summed E-state index contributed by atoms with van der Waals surface area (Å²) in [5.41, 5.74) is 0.0904. The number of carbonyl (C=O) groups excluding carboxylic acids is 1. The average molecular weight is 224 g/mol. The van der Waals surface area contributed by atoms with Crippen LogP contribution in [0, 0.1) is 0 Å². The molecule has 88 valence electrons. The molecule has 0 aliphatic heterocycles. The van der Waals surface area contributed by atoms with E-state index in [1.807, 2.05) is 6.92 Å². The summed E-state index contributed by atoms with van der Waals surface area (Å²) in [6, 6.07) is 2.86. The Kier molecular flexibility index (Phi) is 4.72. The minimum Gasteiger partial charge on any atom is -0.396 e. The van der Waals surface area contributed by atoms with Gasteiger partial charge in [0.1, 0.15) is 0 Å². The fourth-order valence-electron chi connectivity index (χ4n) is 1.43. The van der Waals surface area contributed by atoms with Gasteiger partial charge in [0.05, 0.1) is 0 Å². The molecule has 1 amide bonds. The van der Waals surface area contributed by atoms with Crippen LogP contribution < -0.4 is 5.56 Å². The van der Waals surface area contributed by atoms with Crippen LogP contribution in [-0.2, 0) is 0 Å². The molecule has 0 fully saturated rings. The minimum atomic E-state index is -0.288. The number of nitrogens with one attached hydrogen (secondary N) is 1. The number of pyridine rings is 1. The van der Waals surface area contributed by atoms with Crippen LogP contribution >= 0.6 is 0 Å². The molecule has 0 aromatic carbocycles. The Bertz CT molecular complexity index is 400. The Morgan fingerprint density at radius 2 is 2.31 bits per heavy atom. The third-order valence-corrected chi connectivity index (χ3v) is 2.28. The summed E-state index contributed by atoms with van der Waals surface area (Å²) in [4.78, 5) is 27.0. The third kappa shape index (κ3) is 3.20. The molecule has 0 saturated carbocycles. The van der Waals surface area contributed by atoms with Gasteiger partial charge in [-0.1, -0.05) is 0 Å². The van der Waals surface area contributed by atoms with E-state index in [1.165, 1.54) is 12.3 Å². The first-order valence-electron chi connectivity index (χ1n) is 5.28. The molecule has 0 aliphatic rings. The van der Waals surface area contributed by atoms with Crippen LogP contribution in [0.4, 0.5) is 0 Å². The van der Waals surface area contributed by atoms with Gasteiger partial charge in [-0.15, -0.1) is 0 Å². The van der Waals surface area contributed by atoms with E-state index in [9.17, 15) is 9.59 Å². The Morgan fingerprint density at radius 3 is 2.88 bits per heavy atom. The zero-order chi connectivity index (χ0) is 12.0. The molecule has 1 aromatic heterocycles. The van der Waals surface area contributed by atoms with Crippen LogP contribution in [-0.4, -0.2) is 40.6 Å². The molecule has 1 rings (SSSR count). The molecule has 0 atom stereocenters. The summed E-state index contributed by atoms with van der Waals surface area (Å²) < 4.78 is 0. The fourth-order valence-corrected chi connectivity index (χ4v) is 1.43. The van der Waals surface area contributed by atoms with Crippen LogP contribution in [0.1, 0.15) is 23.7 Å². The number of aliphatic hydroxyl groups is 1. The number of rotatable bonds is 5. The molecule has 0 unspecified atom stereocenters. The minimum absolute atomic E-state index is 0.0547. The van der Waals surface area contributed by atoms with Crippen LogP contribution in [0.15, 0.2) is 23.1 Å². The van der Waals surface area contributed by atoms with E-state index >= 15 is 0 Å². The van der Waals surface area contributed by atoms with E-state index < -0.39 is 0 Å². The summed E-state index contributed by atoms with van der Waals surface area (Å²) in [5.74, 6) is -0.179. The molecule has 1 heterocycles. The monoisotopic (exact) mass is 224 g/mol. The Morgan fingerprint density at radius 1 is 1.56 bits per heavy atom. The van der Waals surface area contributed by atoms with Gasteiger partial charge in [0.15, 0.2) is 0 Å². The van der Waals surface area contributed by atoms with Crippen molar-refractivity contribution in [2.45, 2.75) is 13.3 Å². The summed E-state index contributed by atoms with van der Waals surface area (Å²) in [6.07, 6.45) is 2.00. The molecule has 0 spiro atoms. The second-order valence-electron chi connectivity index (χ2n) is 3.40. The number of carbonyl (C=O) groups is 1. The molecule has 0 aliphatic carbocycles. The average Bonchev–Trinajstić information content (AvgIpc) is 2.29. The van der Waals surface area contributed by atoms with Gasteiger partial charge in [-0.25, -0.2) is 0 Å². The van der Waals surface area contributed by atoms with Crippen molar-refractivity contribution >= 4 is 5.91 Å². The standard InChI is InChI=1S/C11H16N2O3/c1-2-13(6-3-7-14)11(16)9-4-5-12-10(15)8-9/h4-5,8,14H,2-3,6-7H2,1H3,(H,12,15). The van der Waals surface area contributed by atoms with Crippen molar-refractivity contribution in [3.8, 4) is 0 Å². The Labute approximate surface area is 93.7 Å². The number of aromatic amines is 1. The number of hydrogen-bond donors (Lipinski definition) is 2.